The number of likely N-dealkylation sites (tertiary alicyclic amines) is 1. The van der Waals surface area contributed by atoms with Gasteiger partial charge in [-0.25, -0.2) is 0 Å². The minimum atomic E-state index is 0. The van der Waals surface area contributed by atoms with Gasteiger partial charge in [-0.2, -0.15) is 0 Å². The van der Waals surface area contributed by atoms with E-state index in [2.05, 4.69) is 28.4 Å². The van der Waals surface area contributed by atoms with Gasteiger partial charge in [-0.3, -0.25) is 4.79 Å². The highest BCUT2D eigenvalue weighted by Crippen LogP contribution is 2.27. The van der Waals surface area contributed by atoms with Gasteiger partial charge in [0.15, 0.2) is 0 Å². The number of fused-ring (bicyclic) bond motifs is 1. The fraction of sp³-hybridized carbons (Fsp3) is 0.650. The maximum Gasteiger partial charge on any atom is 0.222 e. The highest BCUT2D eigenvalue weighted by molar-refractivity contribution is 5.85. The number of hydrogen-bond donors (Lipinski definition) is 1. The van der Waals surface area contributed by atoms with Crippen molar-refractivity contribution in [3.63, 3.8) is 0 Å². The van der Waals surface area contributed by atoms with Gasteiger partial charge in [0.2, 0.25) is 5.91 Å². The van der Waals surface area contributed by atoms with E-state index in [-0.39, 0.29) is 12.4 Å². The van der Waals surface area contributed by atoms with E-state index in [9.17, 15) is 4.79 Å². The highest BCUT2D eigenvalue weighted by atomic mass is 35.5. The number of nitrogens with one attached hydrogen (secondary N) is 1. The predicted molar refractivity (Wildman–Crippen MR) is 101 cm³/mol. The van der Waals surface area contributed by atoms with Crippen LogP contribution in [0.3, 0.4) is 0 Å². The Bertz CT molecular complexity index is 577. The van der Waals surface area contributed by atoms with Gasteiger partial charge in [-0.05, 0) is 61.6 Å². The largest absolute Gasteiger partial charge is 0.490 e. The molecule has 1 aromatic rings. The molecule has 1 aliphatic carbocycles. The second-order valence-corrected chi connectivity index (χ2v) is 7.65. The molecule has 3 aliphatic rings. The third-order valence-electron chi connectivity index (χ3n) is 5.87. The van der Waals surface area contributed by atoms with E-state index in [4.69, 9.17) is 4.74 Å². The average Bonchev–Trinajstić information content (AvgIpc) is 3.29. The summed E-state index contributed by atoms with van der Waals surface area (Å²) in [7, 11) is 0. The molecular formula is C20H29ClN2O2. The maximum atomic E-state index is 12.5. The van der Waals surface area contributed by atoms with Gasteiger partial charge in [0.1, 0.15) is 5.75 Å². The Morgan fingerprint density at radius 2 is 1.88 bits per heavy atom. The SMILES string of the molecule is Cl.O=C(CCc1cccc(OC2CCCC2)c1)N1C[C@H]2CNC[C@H]2C1. The van der Waals surface area contributed by atoms with Crippen LogP contribution < -0.4 is 10.1 Å². The van der Waals surface area contributed by atoms with Gasteiger partial charge in [-0.1, -0.05) is 12.1 Å². The van der Waals surface area contributed by atoms with Gasteiger partial charge in [0, 0.05) is 32.6 Å². The van der Waals surface area contributed by atoms with Gasteiger partial charge in [-0.15, -0.1) is 12.4 Å². The molecular weight excluding hydrogens is 336 g/mol. The molecule has 0 radical (unpaired) electrons. The van der Waals surface area contributed by atoms with E-state index < -0.39 is 0 Å². The van der Waals surface area contributed by atoms with E-state index in [0.29, 0.717) is 30.3 Å². The molecule has 138 valence electrons. The summed E-state index contributed by atoms with van der Waals surface area (Å²) in [4.78, 5) is 14.6. The van der Waals surface area contributed by atoms with Crippen LogP contribution in [0.1, 0.15) is 37.7 Å². The number of rotatable bonds is 5. The zero-order valence-corrected chi connectivity index (χ0v) is 15.6. The lowest BCUT2D eigenvalue weighted by molar-refractivity contribution is -0.130. The Balaban J connectivity index is 0.00000182. The van der Waals surface area contributed by atoms with Crippen molar-refractivity contribution in [3.8, 4) is 5.75 Å². The van der Waals surface area contributed by atoms with E-state index in [1.165, 1.54) is 31.2 Å². The molecule has 1 amide bonds. The van der Waals surface area contributed by atoms with Crippen molar-refractivity contribution < 1.29 is 9.53 Å². The third kappa shape index (κ3) is 4.48. The molecule has 4 rings (SSSR count). The Hall–Kier alpha value is -1.26. The topological polar surface area (TPSA) is 41.6 Å². The molecule has 3 fully saturated rings. The van der Waals surface area contributed by atoms with Crippen molar-refractivity contribution in [2.24, 2.45) is 11.8 Å². The van der Waals surface area contributed by atoms with E-state index in [1.54, 1.807) is 0 Å². The van der Waals surface area contributed by atoms with Crippen LogP contribution in [0.4, 0.5) is 0 Å². The van der Waals surface area contributed by atoms with Crippen LogP contribution >= 0.6 is 12.4 Å². The molecule has 2 saturated heterocycles. The lowest BCUT2D eigenvalue weighted by atomic mass is 10.0. The maximum absolute atomic E-state index is 12.5. The molecule has 2 atom stereocenters. The second kappa shape index (κ2) is 8.41. The zero-order valence-electron chi connectivity index (χ0n) is 14.8. The first-order chi connectivity index (χ1) is 11.8. The number of benzene rings is 1. The number of hydrogen-bond acceptors (Lipinski definition) is 3. The first kappa shape index (κ1) is 18.5. The molecule has 1 saturated carbocycles. The van der Waals surface area contributed by atoms with Crippen LogP contribution in [0.25, 0.3) is 0 Å². The van der Waals surface area contributed by atoms with Crippen LogP contribution in [0.15, 0.2) is 24.3 Å². The van der Waals surface area contributed by atoms with Gasteiger partial charge in [0.05, 0.1) is 6.10 Å². The Morgan fingerprint density at radius 1 is 1.16 bits per heavy atom. The molecule has 5 heteroatoms. The number of carbonyl (C=O) groups excluding carboxylic acids is 1. The summed E-state index contributed by atoms with van der Waals surface area (Å²) >= 11 is 0. The molecule has 0 aromatic heterocycles. The van der Waals surface area contributed by atoms with Crippen molar-refractivity contribution in [2.45, 2.75) is 44.6 Å². The Kier molecular flexibility index (Phi) is 6.24. The average molecular weight is 365 g/mol. The molecule has 2 heterocycles. The number of amides is 1. The zero-order chi connectivity index (χ0) is 16.4. The summed E-state index contributed by atoms with van der Waals surface area (Å²) in [6, 6.07) is 8.32. The normalized spacial score (nSPS) is 25.7. The number of halogens is 1. The molecule has 1 aromatic carbocycles. The quantitative estimate of drug-likeness (QED) is 0.873. The van der Waals surface area contributed by atoms with E-state index in [0.717, 1.165) is 38.3 Å². The predicted octanol–water partition coefficient (Wildman–Crippen LogP) is 3.04. The Labute approximate surface area is 156 Å². The van der Waals surface area contributed by atoms with Crippen LogP contribution in [0.2, 0.25) is 0 Å². The molecule has 25 heavy (non-hydrogen) atoms. The van der Waals surface area contributed by atoms with Gasteiger partial charge >= 0.3 is 0 Å². The fourth-order valence-electron chi connectivity index (χ4n) is 4.44. The summed E-state index contributed by atoms with van der Waals surface area (Å²) in [5.41, 5.74) is 1.21. The van der Waals surface area contributed by atoms with Crippen LogP contribution in [0.5, 0.6) is 5.75 Å². The summed E-state index contributed by atoms with van der Waals surface area (Å²) < 4.78 is 6.07. The summed E-state index contributed by atoms with van der Waals surface area (Å²) in [5.74, 6) is 2.63. The summed E-state index contributed by atoms with van der Waals surface area (Å²) in [6.07, 6.45) is 6.73. The summed E-state index contributed by atoms with van der Waals surface area (Å²) in [6.45, 7) is 4.05. The van der Waals surface area contributed by atoms with Crippen LogP contribution in [-0.2, 0) is 11.2 Å². The van der Waals surface area contributed by atoms with Crippen LogP contribution in [0, 0.1) is 11.8 Å². The molecule has 0 spiro atoms. The highest BCUT2D eigenvalue weighted by Gasteiger charge is 2.37. The number of carbonyl (C=O) groups is 1. The first-order valence-electron chi connectivity index (χ1n) is 9.52. The number of nitrogens with zero attached hydrogens (tertiary/aromatic N) is 1. The van der Waals surface area contributed by atoms with E-state index >= 15 is 0 Å². The lowest BCUT2D eigenvalue weighted by Crippen LogP contribution is -2.31. The van der Waals surface area contributed by atoms with Gasteiger partial charge in [0.25, 0.3) is 0 Å². The first-order valence-corrected chi connectivity index (χ1v) is 9.52. The van der Waals surface area contributed by atoms with Crippen molar-refractivity contribution >= 4 is 18.3 Å². The molecule has 1 N–H and O–H groups in total. The summed E-state index contributed by atoms with van der Waals surface area (Å²) in [5, 5.41) is 3.43. The molecule has 0 bridgehead atoms. The number of ether oxygens (including phenoxy) is 1. The monoisotopic (exact) mass is 364 g/mol. The molecule has 2 aliphatic heterocycles. The smallest absolute Gasteiger partial charge is 0.222 e. The minimum absolute atomic E-state index is 0. The Morgan fingerprint density at radius 3 is 2.60 bits per heavy atom. The lowest BCUT2D eigenvalue weighted by Gasteiger charge is -2.18. The van der Waals surface area contributed by atoms with Crippen molar-refractivity contribution in [3.05, 3.63) is 29.8 Å². The standard InChI is InChI=1S/C20H28N2O2.ClH/c23-20(22-13-16-11-21-12-17(16)14-22)9-8-15-4-3-7-19(10-15)24-18-5-1-2-6-18;/h3-4,7,10,16-18,21H,1-2,5-6,8-9,11-14H2;1H/t16-,17+;. The second-order valence-electron chi connectivity index (χ2n) is 7.65. The fourth-order valence-corrected chi connectivity index (χ4v) is 4.44. The number of aryl methyl sites for hydroxylation is 1. The van der Waals surface area contributed by atoms with Crippen molar-refractivity contribution in [1.82, 2.24) is 10.2 Å². The third-order valence-corrected chi connectivity index (χ3v) is 5.87. The van der Waals surface area contributed by atoms with E-state index in [1.807, 2.05) is 6.07 Å². The van der Waals surface area contributed by atoms with Crippen molar-refractivity contribution in [1.29, 1.82) is 0 Å². The minimum Gasteiger partial charge on any atom is -0.490 e. The van der Waals surface area contributed by atoms with Gasteiger partial charge < -0.3 is 15.0 Å². The van der Waals surface area contributed by atoms with Crippen LogP contribution in [-0.4, -0.2) is 43.1 Å². The molecule has 0 unspecified atom stereocenters. The van der Waals surface area contributed by atoms with Crippen molar-refractivity contribution in [2.75, 3.05) is 26.2 Å². The molecule has 4 nitrogen and oxygen atoms in total.